The van der Waals surface area contributed by atoms with Crippen LogP contribution < -0.4 is 0 Å². The van der Waals surface area contributed by atoms with Gasteiger partial charge in [0, 0.05) is 11.6 Å². The normalized spacial score (nSPS) is 10.4. The number of hydrogen-bond donors (Lipinski definition) is 1. The average molecular weight is 198 g/mol. The Balaban J connectivity index is 2.35. The quantitative estimate of drug-likeness (QED) is 0.799. The summed E-state index contributed by atoms with van der Waals surface area (Å²) in [5, 5.41) is 11.6. The molecule has 2 heterocycles. The third kappa shape index (κ3) is 1.38. The van der Waals surface area contributed by atoms with Crippen LogP contribution in [0.15, 0.2) is 17.1 Å². The van der Waals surface area contributed by atoms with E-state index < -0.39 is 0 Å². The van der Waals surface area contributed by atoms with E-state index in [-0.39, 0.29) is 6.61 Å². The lowest BCUT2D eigenvalue weighted by Gasteiger charge is -1.85. The lowest BCUT2D eigenvalue weighted by Crippen LogP contribution is -1.80. The number of rotatable bonds is 2. The van der Waals surface area contributed by atoms with Crippen LogP contribution in [0.3, 0.4) is 0 Å². The molecule has 2 rings (SSSR count). The Morgan fingerprint density at radius 3 is 2.92 bits per heavy atom. The molecule has 5 heteroatoms. The maximum absolute atomic E-state index is 8.78. The molecule has 0 bridgehead atoms. The molecule has 0 saturated heterocycles. The van der Waals surface area contributed by atoms with Gasteiger partial charge in [-0.05, 0) is 0 Å². The summed E-state index contributed by atoms with van der Waals surface area (Å²) in [6.45, 7) is 0.00923. The van der Waals surface area contributed by atoms with Gasteiger partial charge < -0.3 is 5.11 Å². The smallest absolute Gasteiger partial charge is 0.135 e. The van der Waals surface area contributed by atoms with Crippen LogP contribution in [-0.2, 0) is 6.61 Å². The van der Waals surface area contributed by atoms with Gasteiger partial charge in [0.25, 0.3) is 0 Å². The number of aromatic nitrogens is 2. The summed E-state index contributed by atoms with van der Waals surface area (Å²) in [5.74, 6) is 0. The molecule has 2 aromatic heterocycles. The van der Waals surface area contributed by atoms with E-state index >= 15 is 0 Å². The molecule has 1 N–H and O–H groups in total. The topological polar surface area (TPSA) is 46.0 Å². The number of aliphatic hydroxyl groups excluding tert-OH is 1. The molecule has 0 fully saturated rings. The Labute approximate surface area is 77.4 Å². The summed E-state index contributed by atoms with van der Waals surface area (Å²) in [6, 6.07) is 0. The molecular weight excluding hydrogens is 192 g/mol. The first-order chi connectivity index (χ1) is 5.90. The van der Waals surface area contributed by atoms with Crippen LogP contribution in [0.25, 0.3) is 9.88 Å². The van der Waals surface area contributed by atoms with Gasteiger partial charge >= 0.3 is 0 Å². The van der Waals surface area contributed by atoms with E-state index in [9.17, 15) is 0 Å². The van der Waals surface area contributed by atoms with Gasteiger partial charge in [-0.25, -0.2) is 4.98 Å². The molecule has 0 aliphatic rings. The summed E-state index contributed by atoms with van der Waals surface area (Å²) < 4.78 is 0. The van der Waals surface area contributed by atoms with Crippen molar-refractivity contribution in [3.8, 4) is 9.88 Å². The molecule has 0 aromatic carbocycles. The van der Waals surface area contributed by atoms with Crippen LogP contribution in [0.4, 0.5) is 0 Å². The van der Waals surface area contributed by atoms with Crippen molar-refractivity contribution in [1.82, 2.24) is 9.97 Å². The third-order valence-corrected chi connectivity index (χ3v) is 3.19. The van der Waals surface area contributed by atoms with Gasteiger partial charge in [0.05, 0.1) is 22.7 Å². The van der Waals surface area contributed by atoms with Gasteiger partial charge in [-0.1, -0.05) is 0 Å². The highest BCUT2D eigenvalue weighted by Crippen LogP contribution is 2.26. The standard InChI is InChI=1S/C7H6N2OS2/c10-2-5-3-11-7(9-5)6-1-8-4-12-6/h1,3-4,10H,2H2. The number of thiazole rings is 2. The van der Waals surface area contributed by atoms with Crippen LogP contribution in [-0.4, -0.2) is 15.1 Å². The van der Waals surface area contributed by atoms with Crippen molar-refractivity contribution in [3.63, 3.8) is 0 Å². The highest BCUT2D eigenvalue weighted by atomic mass is 32.1. The third-order valence-electron chi connectivity index (χ3n) is 1.36. The predicted octanol–water partition coefficient (Wildman–Crippen LogP) is 1.76. The van der Waals surface area contributed by atoms with Crippen molar-refractivity contribution in [2.75, 3.05) is 0 Å². The first-order valence-corrected chi connectivity index (χ1v) is 5.10. The van der Waals surface area contributed by atoms with Gasteiger partial charge in [0.2, 0.25) is 0 Å². The molecule has 0 saturated carbocycles. The van der Waals surface area contributed by atoms with Crippen molar-refractivity contribution in [2.24, 2.45) is 0 Å². The molecule has 0 unspecified atom stereocenters. The Morgan fingerprint density at radius 1 is 1.42 bits per heavy atom. The highest BCUT2D eigenvalue weighted by molar-refractivity contribution is 7.19. The average Bonchev–Trinajstić information content (AvgIpc) is 2.75. The van der Waals surface area contributed by atoms with Gasteiger partial charge in [0.1, 0.15) is 5.01 Å². The fraction of sp³-hybridized carbons (Fsp3) is 0.143. The first kappa shape index (κ1) is 7.85. The minimum absolute atomic E-state index is 0.00923. The van der Waals surface area contributed by atoms with E-state index in [1.807, 2.05) is 5.38 Å². The molecule has 0 aliphatic heterocycles. The van der Waals surface area contributed by atoms with E-state index in [1.165, 1.54) is 11.3 Å². The van der Waals surface area contributed by atoms with E-state index in [0.717, 1.165) is 15.6 Å². The van der Waals surface area contributed by atoms with Crippen molar-refractivity contribution >= 4 is 22.7 Å². The Bertz CT molecular complexity index is 355. The Morgan fingerprint density at radius 2 is 2.33 bits per heavy atom. The SMILES string of the molecule is OCc1csc(-c2cncs2)n1. The second kappa shape index (κ2) is 3.30. The molecule has 0 spiro atoms. The Kier molecular flexibility index (Phi) is 2.16. The van der Waals surface area contributed by atoms with E-state index in [1.54, 1.807) is 23.0 Å². The van der Waals surface area contributed by atoms with E-state index in [4.69, 9.17) is 5.11 Å². The Hall–Kier alpha value is -0.780. The minimum atomic E-state index is 0.00923. The fourth-order valence-electron chi connectivity index (χ4n) is 0.814. The lowest BCUT2D eigenvalue weighted by atomic mass is 10.5. The second-order valence-corrected chi connectivity index (χ2v) is 3.91. The predicted molar refractivity (Wildman–Crippen MR) is 49.1 cm³/mol. The van der Waals surface area contributed by atoms with Crippen molar-refractivity contribution in [3.05, 3.63) is 22.8 Å². The molecule has 3 nitrogen and oxygen atoms in total. The summed E-state index contributed by atoms with van der Waals surface area (Å²) >= 11 is 3.09. The molecule has 12 heavy (non-hydrogen) atoms. The van der Waals surface area contributed by atoms with Crippen LogP contribution in [0.1, 0.15) is 5.69 Å². The zero-order valence-corrected chi connectivity index (χ0v) is 7.73. The molecule has 62 valence electrons. The van der Waals surface area contributed by atoms with Gasteiger partial charge in [-0.15, -0.1) is 22.7 Å². The number of aliphatic hydroxyl groups is 1. The van der Waals surface area contributed by atoms with Gasteiger partial charge in [0.15, 0.2) is 0 Å². The van der Waals surface area contributed by atoms with Crippen molar-refractivity contribution in [2.45, 2.75) is 6.61 Å². The minimum Gasteiger partial charge on any atom is -0.390 e. The summed E-state index contributed by atoms with van der Waals surface area (Å²) in [4.78, 5) is 9.22. The molecule has 0 radical (unpaired) electrons. The zero-order valence-electron chi connectivity index (χ0n) is 6.10. The van der Waals surface area contributed by atoms with Crippen molar-refractivity contribution < 1.29 is 5.11 Å². The lowest BCUT2D eigenvalue weighted by molar-refractivity contribution is 0.278. The molecule has 2 aromatic rings. The first-order valence-electron chi connectivity index (χ1n) is 3.34. The maximum Gasteiger partial charge on any atom is 0.135 e. The molecule has 0 aliphatic carbocycles. The number of hydrogen-bond acceptors (Lipinski definition) is 5. The monoisotopic (exact) mass is 198 g/mol. The summed E-state index contributed by atoms with van der Waals surface area (Å²) in [6.07, 6.45) is 1.78. The molecule has 0 amide bonds. The number of nitrogens with zero attached hydrogens (tertiary/aromatic N) is 2. The van der Waals surface area contributed by atoms with Crippen LogP contribution >= 0.6 is 22.7 Å². The fourth-order valence-corrected chi connectivity index (χ4v) is 2.32. The van der Waals surface area contributed by atoms with E-state index in [2.05, 4.69) is 9.97 Å². The van der Waals surface area contributed by atoms with Crippen molar-refractivity contribution in [1.29, 1.82) is 0 Å². The van der Waals surface area contributed by atoms with Crippen LogP contribution in [0.2, 0.25) is 0 Å². The highest BCUT2D eigenvalue weighted by Gasteiger charge is 2.04. The van der Waals surface area contributed by atoms with Gasteiger partial charge in [-0.2, -0.15) is 0 Å². The molecule has 0 atom stereocenters. The van der Waals surface area contributed by atoms with E-state index in [0.29, 0.717) is 0 Å². The van der Waals surface area contributed by atoms with Crippen LogP contribution in [0, 0.1) is 0 Å². The maximum atomic E-state index is 8.78. The molecular formula is C7H6N2OS2. The summed E-state index contributed by atoms with van der Waals surface area (Å²) in [5.41, 5.74) is 2.50. The summed E-state index contributed by atoms with van der Waals surface area (Å²) in [7, 11) is 0. The van der Waals surface area contributed by atoms with Crippen LogP contribution in [0.5, 0.6) is 0 Å². The van der Waals surface area contributed by atoms with Gasteiger partial charge in [-0.3, -0.25) is 4.98 Å². The largest absolute Gasteiger partial charge is 0.390 e. The zero-order chi connectivity index (χ0) is 8.39. The second-order valence-electron chi connectivity index (χ2n) is 2.17.